The number of rotatable bonds is 6. The van der Waals surface area contributed by atoms with Crippen molar-refractivity contribution in [3.63, 3.8) is 0 Å². The number of thiazole rings is 1. The van der Waals surface area contributed by atoms with Crippen LogP contribution in [0, 0.1) is 0 Å². The Morgan fingerprint density at radius 1 is 1.00 bits per heavy atom. The van der Waals surface area contributed by atoms with Crippen molar-refractivity contribution < 1.29 is 17.9 Å². The van der Waals surface area contributed by atoms with Gasteiger partial charge in [0, 0.05) is 42.1 Å². The predicted octanol–water partition coefficient (Wildman–Crippen LogP) is 4.65. The summed E-state index contributed by atoms with van der Waals surface area (Å²) < 4.78 is 38.3. The highest BCUT2D eigenvalue weighted by Gasteiger charge is 2.31. The summed E-state index contributed by atoms with van der Waals surface area (Å²) in [6.45, 7) is 1.71. The standard InChI is InChI=1S/C21H21Cl2N3O4S2/c1-29-15-4-5-19(30-2)16(12-15)18-13-31-21(24-18)25-7-9-26(10-8-25)32(27,28)20-6-3-14(22)11-17(20)23/h3-6,11-13H,7-10H2,1-2H3. The fourth-order valence-electron chi connectivity index (χ4n) is 3.49. The van der Waals surface area contributed by atoms with Crippen LogP contribution in [0.1, 0.15) is 0 Å². The zero-order chi connectivity index (χ0) is 22.9. The van der Waals surface area contributed by atoms with Gasteiger partial charge >= 0.3 is 0 Å². The summed E-state index contributed by atoms with van der Waals surface area (Å²) in [5.41, 5.74) is 1.62. The molecule has 0 saturated carbocycles. The molecule has 32 heavy (non-hydrogen) atoms. The number of piperazine rings is 1. The van der Waals surface area contributed by atoms with Gasteiger partial charge in [0.15, 0.2) is 5.13 Å². The van der Waals surface area contributed by atoms with Crippen LogP contribution in [0.4, 0.5) is 5.13 Å². The first-order chi connectivity index (χ1) is 15.3. The fourth-order valence-corrected chi connectivity index (χ4v) is 6.54. The maximum atomic E-state index is 13.0. The Morgan fingerprint density at radius 2 is 1.75 bits per heavy atom. The Kier molecular flexibility index (Phi) is 6.83. The second kappa shape index (κ2) is 9.44. The number of methoxy groups -OCH3 is 2. The van der Waals surface area contributed by atoms with Crippen molar-refractivity contribution in [2.45, 2.75) is 4.90 Å². The Balaban J connectivity index is 1.50. The van der Waals surface area contributed by atoms with Crippen molar-refractivity contribution in [2.24, 2.45) is 0 Å². The molecule has 0 radical (unpaired) electrons. The summed E-state index contributed by atoms with van der Waals surface area (Å²) in [6, 6.07) is 9.98. The Morgan fingerprint density at radius 3 is 2.41 bits per heavy atom. The van der Waals surface area contributed by atoms with E-state index in [1.807, 2.05) is 23.6 Å². The number of halogens is 2. The summed E-state index contributed by atoms with van der Waals surface area (Å²) in [5, 5.41) is 3.30. The van der Waals surface area contributed by atoms with Gasteiger partial charge in [-0.25, -0.2) is 13.4 Å². The van der Waals surface area contributed by atoms with E-state index in [4.69, 9.17) is 37.7 Å². The largest absolute Gasteiger partial charge is 0.497 e. The molecule has 1 aliphatic heterocycles. The highest BCUT2D eigenvalue weighted by molar-refractivity contribution is 7.89. The lowest BCUT2D eigenvalue weighted by Crippen LogP contribution is -2.48. The molecule has 2 aromatic carbocycles. The van der Waals surface area contributed by atoms with E-state index in [1.54, 1.807) is 14.2 Å². The fraction of sp³-hybridized carbons (Fsp3) is 0.286. The number of benzene rings is 2. The molecule has 3 aromatic rings. The second-order valence-electron chi connectivity index (χ2n) is 7.05. The predicted molar refractivity (Wildman–Crippen MR) is 128 cm³/mol. The quantitative estimate of drug-likeness (QED) is 0.477. The molecule has 0 amide bonds. The van der Waals surface area contributed by atoms with Crippen molar-refractivity contribution in [1.82, 2.24) is 9.29 Å². The van der Waals surface area contributed by atoms with Gasteiger partial charge in [-0.1, -0.05) is 23.2 Å². The third kappa shape index (κ3) is 4.53. The molecule has 2 heterocycles. The number of nitrogens with zero attached hydrogens (tertiary/aromatic N) is 3. The Labute approximate surface area is 201 Å². The monoisotopic (exact) mass is 513 g/mol. The lowest BCUT2D eigenvalue weighted by molar-refractivity contribution is 0.385. The summed E-state index contributed by atoms with van der Waals surface area (Å²) in [6.07, 6.45) is 0. The lowest BCUT2D eigenvalue weighted by atomic mass is 10.1. The van der Waals surface area contributed by atoms with Gasteiger partial charge in [-0.3, -0.25) is 0 Å². The van der Waals surface area contributed by atoms with Gasteiger partial charge < -0.3 is 14.4 Å². The van der Waals surface area contributed by atoms with Crippen LogP contribution in [0.15, 0.2) is 46.7 Å². The molecule has 1 fully saturated rings. The number of ether oxygens (including phenoxy) is 2. The molecule has 0 spiro atoms. The smallest absolute Gasteiger partial charge is 0.244 e. The number of sulfonamides is 1. The van der Waals surface area contributed by atoms with E-state index in [0.717, 1.165) is 22.1 Å². The average molecular weight is 514 g/mol. The van der Waals surface area contributed by atoms with Gasteiger partial charge in [0.05, 0.1) is 24.9 Å². The van der Waals surface area contributed by atoms with Gasteiger partial charge in [-0.05, 0) is 36.4 Å². The molecule has 1 aromatic heterocycles. The summed E-state index contributed by atoms with van der Waals surface area (Å²) in [5.74, 6) is 1.42. The van der Waals surface area contributed by atoms with Crippen LogP contribution >= 0.6 is 34.5 Å². The molecular formula is C21H21Cl2N3O4S2. The van der Waals surface area contributed by atoms with E-state index in [0.29, 0.717) is 37.0 Å². The molecule has 11 heteroatoms. The minimum absolute atomic E-state index is 0.0682. The number of anilines is 1. The minimum Gasteiger partial charge on any atom is -0.497 e. The van der Waals surface area contributed by atoms with Crippen LogP contribution in [-0.4, -0.2) is 58.1 Å². The summed E-state index contributed by atoms with van der Waals surface area (Å²) in [7, 11) is -0.471. The highest BCUT2D eigenvalue weighted by Crippen LogP contribution is 2.36. The molecule has 170 valence electrons. The van der Waals surface area contributed by atoms with Gasteiger partial charge in [0.25, 0.3) is 0 Å². The number of aromatic nitrogens is 1. The van der Waals surface area contributed by atoms with Crippen molar-refractivity contribution in [2.75, 3.05) is 45.3 Å². The van der Waals surface area contributed by atoms with Crippen LogP contribution in [0.25, 0.3) is 11.3 Å². The lowest BCUT2D eigenvalue weighted by Gasteiger charge is -2.33. The first-order valence-electron chi connectivity index (χ1n) is 9.71. The Hall–Kier alpha value is -2.04. The first kappa shape index (κ1) is 23.1. The zero-order valence-corrected chi connectivity index (χ0v) is 20.6. The summed E-state index contributed by atoms with van der Waals surface area (Å²) >= 11 is 13.5. The topological polar surface area (TPSA) is 72.0 Å². The normalized spacial score (nSPS) is 15.1. The third-order valence-corrected chi connectivity index (χ3v) is 8.71. The maximum Gasteiger partial charge on any atom is 0.244 e. The van der Waals surface area contributed by atoms with Gasteiger partial charge in [0.2, 0.25) is 10.0 Å². The van der Waals surface area contributed by atoms with Crippen LogP contribution < -0.4 is 14.4 Å². The highest BCUT2D eigenvalue weighted by atomic mass is 35.5. The molecule has 0 N–H and O–H groups in total. The third-order valence-electron chi connectivity index (χ3n) is 5.20. The molecular weight excluding hydrogens is 493 g/mol. The van der Waals surface area contributed by atoms with Crippen LogP contribution in [0.2, 0.25) is 10.0 Å². The SMILES string of the molecule is COc1ccc(OC)c(-c2csc(N3CCN(S(=O)(=O)c4ccc(Cl)cc4Cl)CC3)n2)c1. The molecule has 0 bridgehead atoms. The van der Waals surface area contributed by atoms with E-state index in [2.05, 4.69) is 4.90 Å². The van der Waals surface area contributed by atoms with Crippen molar-refractivity contribution in [3.8, 4) is 22.8 Å². The van der Waals surface area contributed by atoms with E-state index in [1.165, 1.54) is 33.8 Å². The molecule has 0 atom stereocenters. The molecule has 4 rings (SSSR count). The van der Waals surface area contributed by atoms with Crippen molar-refractivity contribution >= 4 is 49.7 Å². The van der Waals surface area contributed by atoms with E-state index in [9.17, 15) is 8.42 Å². The average Bonchev–Trinajstić information content (AvgIpc) is 3.28. The molecule has 1 saturated heterocycles. The zero-order valence-electron chi connectivity index (χ0n) is 17.4. The molecule has 0 aliphatic carbocycles. The van der Waals surface area contributed by atoms with Crippen molar-refractivity contribution in [3.05, 3.63) is 51.8 Å². The molecule has 7 nitrogen and oxygen atoms in total. The number of hydrogen-bond donors (Lipinski definition) is 0. The van der Waals surface area contributed by atoms with Crippen LogP contribution in [0.5, 0.6) is 11.5 Å². The molecule has 1 aliphatic rings. The van der Waals surface area contributed by atoms with E-state index >= 15 is 0 Å². The summed E-state index contributed by atoms with van der Waals surface area (Å²) in [4.78, 5) is 6.91. The van der Waals surface area contributed by atoms with E-state index < -0.39 is 10.0 Å². The van der Waals surface area contributed by atoms with E-state index in [-0.39, 0.29) is 9.92 Å². The first-order valence-corrected chi connectivity index (χ1v) is 12.8. The maximum absolute atomic E-state index is 13.0. The second-order valence-corrected chi connectivity index (χ2v) is 10.6. The Bertz CT molecular complexity index is 1230. The minimum atomic E-state index is -3.70. The van der Waals surface area contributed by atoms with Gasteiger partial charge in [-0.2, -0.15) is 4.31 Å². The molecule has 0 unspecified atom stereocenters. The van der Waals surface area contributed by atoms with Gasteiger partial charge in [0.1, 0.15) is 16.4 Å². The van der Waals surface area contributed by atoms with Crippen molar-refractivity contribution in [1.29, 1.82) is 0 Å². The van der Waals surface area contributed by atoms with Crippen LogP contribution in [0.3, 0.4) is 0 Å². The van der Waals surface area contributed by atoms with Gasteiger partial charge in [-0.15, -0.1) is 11.3 Å². The van der Waals surface area contributed by atoms with Crippen LogP contribution in [-0.2, 0) is 10.0 Å². The number of hydrogen-bond acceptors (Lipinski definition) is 7.